The van der Waals surface area contributed by atoms with Crippen LogP contribution in [0.3, 0.4) is 0 Å². The third-order valence-electron chi connectivity index (χ3n) is 4.84. The minimum Gasteiger partial charge on any atom is -0.492 e. The van der Waals surface area contributed by atoms with Crippen molar-refractivity contribution in [3.05, 3.63) is 60.2 Å². The molecule has 0 bridgehead atoms. The van der Waals surface area contributed by atoms with Crippen LogP contribution < -0.4 is 15.4 Å². The monoisotopic (exact) mass is 395 g/mol. The first kappa shape index (κ1) is 20.4. The maximum Gasteiger partial charge on any atom is 0.325 e. The molecule has 1 saturated heterocycles. The van der Waals surface area contributed by atoms with Gasteiger partial charge in [0.2, 0.25) is 5.91 Å². The Morgan fingerprint density at radius 3 is 2.55 bits per heavy atom. The normalized spacial score (nSPS) is 17.0. The predicted molar refractivity (Wildman–Crippen MR) is 109 cm³/mol. The van der Waals surface area contributed by atoms with E-state index in [2.05, 4.69) is 10.6 Å². The highest BCUT2D eigenvalue weighted by Crippen LogP contribution is 2.26. The minimum atomic E-state index is -0.707. The van der Waals surface area contributed by atoms with E-state index in [9.17, 15) is 14.4 Å². The topological polar surface area (TPSA) is 87.7 Å². The van der Waals surface area contributed by atoms with Gasteiger partial charge in [-0.3, -0.25) is 14.5 Å². The molecule has 0 aliphatic carbocycles. The first-order valence-electron chi connectivity index (χ1n) is 9.71. The summed E-state index contributed by atoms with van der Waals surface area (Å²) in [4.78, 5) is 38.6. The number of para-hydroxylation sites is 2. The molecular formula is C22H25N3O4. The number of hydrogen-bond acceptors (Lipinski definition) is 4. The summed E-state index contributed by atoms with van der Waals surface area (Å²) < 4.78 is 5.50. The SMILES string of the molecule is CCOc1ccccc1NC(=O)CC[C@H]1NC(=O)N([C@@H](C)c2ccccc2)C1=O. The summed E-state index contributed by atoms with van der Waals surface area (Å²) in [6.07, 6.45) is 0.329. The van der Waals surface area contributed by atoms with Gasteiger partial charge in [-0.1, -0.05) is 42.5 Å². The van der Waals surface area contributed by atoms with E-state index in [0.29, 0.717) is 18.0 Å². The summed E-state index contributed by atoms with van der Waals surface area (Å²) in [5.41, 5.74) is 1.46. The van der Waals surface area contributed by atoms with Crippen molar-refractivity contribution in [3.8, 4) is 5.75 Å². The van der Waals surface area contributed by atoms with Crippen molar-refractivity contribution in [2.45, 2.75) is 38.8 Å². The molecule has 2 aromatic carbocycles. The fourth-order valence-electron chi connectivity index (χ4n) is 3.33. The van der Waals surface area contributed by atoms with E-state index in [1.807, 2.05) is 56.3 Å². The Labute approximate surface area is 170 Å². The Balaban J connectivity index is 1.58. The van der Waals surface area contributed by atoms with Gasteiger partial charge in [-0.15, -0.1) is 0 Å². The van der Waals surface area contributed by atoms with Gasteiger partial charge in [0.15, 0.2) is 0 Å². The Morgan fingerprint density at radius 2 is 1.83 bits per heavy atom. The van der Waals surface area contributed by atoms with E-state index in [4.69, 9.17) is 4.74 Å². The number of anilines is 1. The molecule has 1 aliphatic rings. The number of hydrogen-bond donors (Lipinski definition) is 2. The van der Waals surface area contributed by atoms with Crippen LogP contribution in [0.5, 0.6) is 5.75 Å². The number of carbonyl (C=O) groups excluding carboxylic acids is 3. The third-order valence-corrected chi connectivity index (χ3v) is 4.84. The Morgan fingerprint density at radius 1 is 1.14 bits per heavy atom. The summed E-state index contributed by atoms with van der Waals surface area (Å²) in [6, 6.07) is 15.0. The maximum absolute atomic E-state index is 12.7. The Hall–Kier alpha value is -3.35. The fourth-order valence-corrected chi connectivity index (χ4v) is 3.33. The molecule has 7 nitrogen and oxygen atoms in total. The van der Waals surface area contributed by atoms with Gasteiger partial charge in [0.05, 0.1) is 18.3 Å². The number of imide groups is 1. The average Bonchev–Trinajstić information content (AvgIpc) is 3.01. The molecule has 1 aliphatic heterocycles. The molecular weight excluding hydrogens is 370 g/mol. The molecule has 0 aromatic heterocycles. The predicted octanol–water partition coefficient (Wildman–Crippen LogP) is 3.49. The van der Waals surface area contributed by atoms with E-state index < -0.39 is 12.1 Å². The molecule has 4 amide bonds. The molecule has 1 fully saturated rings. The second-order valence-electron chi connectivity index (χ2n) is 6.81. The number of ether oxygens (including phenoxy) is 1. The van der Waals surface area contributed by atoms with E-state index in [-0.39, 0.29) is 30.7 Å². The van der Waals surface area contributed by atoms with Crippen molar-refractivity contribution in [1.29, 1.82) is 0 Å². The number of nitrogens with zero attached hydrogens (tertiary/aromatic N) is 1. The van der Waals surface area contributed by atoms with Gasteiger partial charge < -0.3 is 15.4 Å². The summed E-state index contributed by atoms with van der Waals surface area (Å²) >= 11 is 0. The van der Waals surface area contributed by atoms with Crippen molar-refractivity contribution >= 4 is 23.5 Å². The summed E-state index contributed by atoms with van der Waals surface area (Å²) in [6.45, 7) is 4.17. The first-order valence-corrected chi connectivity index (χ1v) is 9.71. The highest BCUT2D eigenvalue weighted by atomic mass is 16.5. The summed E-state index contributed by atoms with van der Waals surface area (Å²) in [5.74, 6) is 0.0408. The van der Waals surface area contributed by atoms with Crippen LogP contribution in [0.15, 0.2) is 54.6 Å². The van der Waals surface area contributed by atoms with Gasteiger partial charge in [0.25, 0.3) is 5.91 Å². The zero-order chi connectivity index (χ0) is 20.8. The zero-order valence-corrected chi connectivity index (χ0v) is 16.6. The van der Waals surface area contributed by atoms with Crippen LogP contribution in [0.1, 0.15) is 38.3 Å². The zero-order valence-electron chi connectivity index (χ0n) is 16.6. The van der Waals surface area contributed by atoms with Crippen molar-refractivity contribution in [1.82, 2.24) is 10.2 Å². The van der Waals surface area contributed by atoms with Crippen LogP contribution in [0.4, 0.5) is 10.5 Å². The fraction of sp³-hybridized carbons (Fsp3) is 0.318. The van der Waals surface area contributed by atoms with Crippen LogP contribution in [-0.4, -0.2) is 35.4 Å². The lowest BCUT2D eigenvalue weighted by Crippen LogP contribution is -2.34. The molecule has 2 atom stereocenters. The molecule has 2 N–H and O–H groups in total. The minimum absolute atomic E-state index is 0.102. The van der Waals surface area contributed by atoms with Crippen molar-refractivity contribution < 1.29 is 19.1 Å². The van der Waals surface area contributed by atoms with Gasteiger partial charge in [0, 0.05) is 6.42 Å². The number of carbonyl (C=O) groups is 3. The van der Waals surface area contributed by atoms with Gasteiger partial charge in [-0.05, 0) is 38.0 Å². The van der Waals surface area contributed by atoms with Crippen molar-refractivity contribution in [2.75, 3.05) is 11.9 Å². The van der Waals surface area contributed by atoms with Crippen LogP contribution in [-0.2, 0) is 9.59 Å². The average molecular weight is 395 g/mol. The number of amides is 4. The maximum atomic E-state index is 12.7. The molecule has 7 heteroatoms. The van der Waals surface area contributed by atoms with E-state index in [0.717, 1.165) is 5.56 Å². The number of urea groups is 1. The van der Waals surface area contributed by atoms with E-state index >= 15 is 0 Å². The lowest BCUT2D eigenvalue weighted by molar-refractivity contribution is -0.129. The quantitative estimate of drug-likeness (QED) is 0.670. The van der Waals surface area contributed by atoms with Crippen molar-refractivity contribution in [2.24, 2.45) is 0 Å². The molecule has 0 saturated carbocycles. The van der Waals surface area contributed by atoms with Gasteiger partial charge in [0.1, 0.15) is 11.8 Å². The van der Waals surface area contributed by atoms with Gasteiger partial charge in [-0.2, -0.15) is 0 Å². The van der Waals surface area contributed by atoms with Crippen LogP contribution in [0.25, 0.3) is 0 Å². The second kappa shape index (κ2) is 9.23. The number of benzene rings is 2. The van der Waals surface area contributed by atoms with Crippen LogP contribution >= 0.6 is 0 Å². The molecule has 3 rings (SSSR count). The summed E-state index contributed by atoms with van der Waals surface area (Å²) in [5, 5.41) is 5.49. The molecule has 1 heterocycles. The second-order valence-corrected chi connectivity index (χ2v) is 6.81. The van der Waals surface area contributed by atoms with Crippen LogP contribution in [0, 0.1) is 0 Å². The van der Waals surface area contributed by atoms with Gasteiger partial charge >= 0.3 is 6.03 Å². The molecule has 2 aromatic rings. The third kappa shape index (κ3) is 4.74. The Kier molecular flexibility index (Phi) is 6.49. The lowest BCUT2D eigenvalue weighted by Gasteiger charge is -2.21. The molecule has 29 heavy (non-hydrogen) atoms. The number of nitrogens with one attached hydrogen (secondary N) is 2. The molecule has 0 radical (unpaired) electrons. The highest BCUT2D eigenvalue weighted by molar-refractivity contribution is 6.05. The smallest absolute Gasteiger partial charge is 0.325 e. The lowest BCUT2D eigenvalue weighted by atomic mass is 10.1. The largest absolute Gasteiger partial charge is 0.492 e. The standard InChI is InChI=1S/C22H25N3O4/c1-3-29-19-12-8-7-11-17(19)23-20(26)14-13-18-21(27)25(22(28)24-18)15(2)16-9-5-4-6-10-16/h4-12,15,18H,3,13-14H2,1-2H3,(H,23,26)(H,24,28)/t15-,18+/m0/s1. The molecule has 152 valence electrons. The Bertz CT molecular complexity index is 885. The van der Waals surface area contributed by atoms with E-state index in [1.54, 1.807) is 12.1 Å². The van der Waals surface area contributed by atoms with E-state index in [1.165, 1.54) is 4.90 Å². The summed E-state index contributed by atoms with van der Waals surface area (Å²) in [7, 11) is 0. The number of rotatable bonds is 8. The van der Waals surface area contributed by atoms with Crippen LogP contribution in [0.2, 0.25) is 0 Å². The van der Waals surface area contributed by atoms with Gasteiger partial charge in [-0.25, -0.2) is 4.79 Å². The molecule has 0 unspecified atom stereocenters. The van der Waals surface area contributed by atoms with Crippen molar-refractivity contribution in [3.63, 3.8) is 0 Å². The first-order chi connectivity index (χ1) is 14.0. The highest BCUT2D eigenvalue weighted by Gasteiger charge is 2.40. The molecule has 0 spiro atoms.